The maximum absolute atomic E-state index is 13.6. The molecular formula is C19H17F4NO6. The van der Waals surface area contributed by atoms with Crippen molar-refractivity contribution in [3.05, 3.63) is 65.2 Å². The second kappa shape index (κ2) is 10.4. The normalized spacial score (nSPS) is 12.7. The predicted octanol–water partition coefficient (Wildman–Crippen LogP) is 2.75. The van der Waals surface area contributed by atoms with E-state index in [1.807, 2.05) is 0 Å². The van der Waals surface area contributed by atoms with E-state index >= 15 is 0 Å². The average Bonchev–Trinajstić information content (AvgIpc) is 2.70. The zero-order valence-corrected chi connectivity index (χ0v) is 15.3. The molecule has 0 bridgehead atoms. The van der Waals surface area contributed by atoms with E-state index in [2.05, 4.69) is 10.1 Å². The molecular weight excluding hydrogens is 414 g/mol. The zero-order valence-electron chi connectivity index (χ0n) is 15.3. The lowest BCUT2D eigenvalue weighted by atomic mass is 10.1. The first-order chi connectivity index (χ1) is 14.2. The van der Waals surface area contributed by atoms with Crippen LogP contribution in [0.15, 0.2) is 36.4 Å². The number of aliphatic hydroxyl groups is 1. The molecule has 0 fully saturated rings. The van der Waals surface area contributed by atoms with Gasteiger partial charge >= 0.3 is 12.1 Å². The molecule has 7 nitrogen and oxygen atoms in total. The Kier molecular flexibility index (Phi) is 7.98. The van der Waals surface area contributed by atoms with Crippen molar-refractivity contribution in [3.63, 3.8) is 0 Å². The second-order valence-corrected chi connectivity index (χ2v) is 6.09. The van der Waals surface area contributed by atoms with Crippen molar-refractivity contribution in [2.75, 3.05) is 6.61 Å². The molecule has 0 aliphatic heterocycles. The first-order valence-corrected chi connectivity index (χ1v) is 8.52. The minimum absolute atomic E-state index is 0.0223. The number of hydrogen-bond acceptors (Lipinski definition) is 5. The molecule has 2 aromatic carbocycles. The van der Waals surface area contributed by atoms with Gasteiger partial charge in [-0.25, -0.2) is 13.6 Å². The molecule has 2 rings (SSSR count). The second-order valence-electron chi connectivity index (χ2n) is 6.09. The van der Waals surface area contributed by atoms with Crippen LogP contribution in [0, 0.1) is 23.3 Å². The van der Waals surface area contributed by atoms with Crippen molar-refractivity contribution < 1.29 is 46.8 Å². The number of amides is 1. The van der Waals surface area contributed by atoms with Crippen LogP contribution in [0.3, 0.4) is 0 Å². The Morgan fingerprint density at radius 2 is 1.63 bits per heavy atom. The number of halogens is 4. The standard InChI is InChI=1S/C19H17F4NO6/c20-11-6-12(21)17(23)18(16(11)22)29-9-14(25)13(7-15(26)27)24-19(28)30-8-10-4-2-1-3-5-10/h1-6,13-14,25H,7-9H2,(H,24,28)(H,26,27)/t13-,14?/m0/s1. The fourth-order valence-electron chi connectivity index (χ4n) is 2.35. The van der Waals surface area contributed by atoms with Gasteiger partial charge in [-0.2, -0.15) is 8.78 Å². The Labute approximate surface area is 167 Å². The molecule has 2 aromatic rings. The monoisotopic (exact) mass is 431 g/mol. The van der Waals surface area contributed by atoms with Crippen molar-refractivity contribution in [2.45, 2.75) is 25.2 Å². The van der Waals surface area contributed by atoms with E-state index in [1.54, 1.807) is 30.3 Å². The summed E-state index contributed by atoms with van der Waals surface area (Å²) in [5.74, 6) is -9.94. The fraction of sp³-hybridized carbons (Fsp3) is 0.263. The van der Waals surface area contributed by atoms with Gasteiger partial charge in [-0.1, -0.05) is 30.3 Å². The third kappa shape index (κ3) is 6.34. The molecule has 0 saturated heterocycles. The number of carbonyl (C=O) groups is 2. The topological polar surface area (TPSA) is 105 Å². The molecule has 0 radical (unpaired) electrons. The largest absolute Gasteiger partial charge is 0.485 e. The van der Waals surface area contributed by atoms with E-state index in [9.17, 15) is 32.3 Å². The van der Waals surface area contributed by atoms with Gasteiger partial charge in [0.25, 0.3) is 0 Å². The number of ether oxygens (including phenoxy) is 2. The van der Waals surface area contributed by atoms with Crippen LogP contribution in [-0.2, 0) is 16.1 Å². The van der Waals surface area contributed by atoms with Crippen LogP contribution in [0.2, 0.25) is 0 Å². The van der Waals surface area contributed by atoms with E-state index in [0.717, 1.165) is 0 Å². The maximum Gasteiger partial charge on any atom is 0.407 e. The van der Waals surface area contributed by atoms with Crippen LogP contribution in [0.5, 0.6) is 5.75 Å². The van der Waals surface area contributed by atoms with Crippen LogP contribution >= 0.6 is 0 Å². The quantitative estimate of drug-likeness (QED) is 0.417. The van der Waals surface area contributed by atoms with Gasteiger partial charge in [0.05, 0.1) is 12.5 Å². The Hall–Kier alpha value is -3.34. The molecule has 0 aliphatic carbocycles. The molecule has 11 heteroatoms. The molecule has 0 heterocycles. The van der Waals surface area contributed by atoms with Crippen molar-refractivity contribution in [1.29, 1.82) is 0 Å². The number of hydrogen-bond donors (Lipinski definition) is 3. The van der Waals surface area contributed by atoms with Crippen molar-refractivity contribution >= 4 is 12.1 Å². The van der Waals surface area contributed by atoms with Gasteiger partial charge in [-0.3, -0.25) is 4.79 Å². The maximum atomic E-state index is 13.6. The smallest absolute Gasteiger partial charge is 0.407 e. The minimum atomic E-state index is -1.83. The summed E-state index contributed by atoms with van der Waals surface area (Å²) in [6.07, 6.45) is -3.68. The number of alkyl carbamates (subject to hydrolysis) is 1. The highest BCUT2D eigenvalue weighted by Gasteiger charge is 2.27. The number of carbonyl (C=O) groups excluding carboxylic acids is 1. The van der Waals surface area contributed by atoms with Gasteiger partial charge < -0.3 is 25.0 Å². The summed E-state index contributed by atoms with van der Waals surface area (Å²) in [5.41, 5.74) is 0.644. The molecule has 30 heavy (non-hydrogen) atoms. The summed E-state index contributed by atoms with van der Waals surface area (Å²) in [6, 6.07) is 6.99. The van der Waals surface area contributed by atoms with E-state index in [1.165, 1.54) is 0 Å². The fourth-order valence-corrected chi connectivity index (χ4v) is 2.35. The summed E-state index contributed by atoms with van der Waals surface area (Å²) in [4.78, 5) is 22.9. The van der Waals surface area contributed by atoms with Crippen LogP contribution in [0.1, 0.15) is 12.0 Å². The van der Waals surface area contributed by atoms with E-state index in [0.29, 0.717) is 5.56 Å². The average molecular weight is 431 g/mol. The van der Waals surface area contributed by atoms with Crippen LogP contribution in [-0.4, -0.2) is 41.0 Å². The van der Waals surface area contributed by atoms with E-state index in [-0.39, 0.29) is 12.7 Å². The molecule has 3 N–H and O–H groups in total. The number of nitrogens with one attached hydrogen (secondary N) is 1. The first-order valence-electron chi connectivity index (χ1n) is 8.52. The molecule has 0 aliphatic rings. The van der Waals surface area contributed by atoms with E-state index in [4.69, 9.17) is 9.84 Å². The summed E-state index contributed by atoms with van der Waals surface area (Å²) in [7, 11) is 0. The highest BCUT2D eigenvalue weighted by molar-refractivity contribution is 5.71. The lowest BCUT2D eigenvalue weighted by Gasteiger charge is -2.23. The molecule has 162 valence electrons. The number of benzene rings is 2. The Balaban J connectivity index is 2.00. The highest BCUT2D eigenvalue weighted by Crippen LogP contribution is 2.26. The van der Waals surface area contributed by atoms with Crippen molar-refractivity contribution in [1.82, 2.24) is 5.32 Å². The SMILES string of the molecule is O=C(O)C[C@H](NC(=O)OCc1ccccc1)C(O)COc1c(F)c(F)cc(F)c1F. The lowest BCUT2D eigenvalue weighted by Crippen LogP contribution is -2.47. The Bertz CT molecular complexity index is 870. The number of rotatable bonds is 9. The summed E-state index contributed by atoms with van der Waals surface area (Å²) < 4.78 is 63.1. The summed E-state index contributed by atoms with van der Waals surface area (Å²) in [5, 5.41) is 21.1. The van der Waals surface area contributed by atoms with Gasteiger partial charge in [-0.15, -0.1) is 0 Å². The van der Waals surface area contributed by atoms with Gasteiger partial charge in [0.2, 0.25) is 11.6 Å². The number of carboxylic acids is 1. The molecule has 1 unspecified atom stereocenters. The molecule has 1 amide bonds. The highest BCUT2D eigenvalue weighted by atomic mass is 19.2. The van der Waals surface area contributed by atoms with Crippen LogP contribution in [0.25, 0.3) is 0 Å². The minimum Gasteiger partial charge on any atom is -0.485 e. The lowest BCUT2D eigenvalue weighted by molar-refractivity contribution is -0.138. The molecule has 0 aromatic heterocycles. The van der Waals surface area contributed by atoms with Crippen LogP contribution < -0.4 is 10.1 Å². The van der Waals surface area contributed by atoms with E-state index < -0.39 is 66.3 Å². The van der Waals surface area contributed by atoms with Gasteiger partial charge in [0.1, 0.15) is 19.3 Å². The zero-order chi connectivity index (χ0) is 22.3. The number of aliphatic hydroxyl groups excluding tert-OH is 1. The number of aliphatic carboxylic acids is 1. The third-order valence-corrected chi connectivity index (χ3v) is 3.84. The Morgan fingerprint density at radius 3 is 2.20 bits per heavy atom. The molecule has 0 saturated carbocycles. The molecule has 0 spiro atoms. The van der Waals surface area contributed by atoms with Gasteiger partial charge in [-0.05, 0) is 5.56 Å². The first kappa shape index (κ1) is 22.9. The number of carboxylic acid groups (broad SMARTS) is 1. The van der Waals surface area contributed by atoms with Gasteiger partial charge in [0.15, 0.2) is 17.4 Å². The Morgan fingerprint density at radius 1 is 1.03 bits per heavy atom. The van der Waals surface area contributed by atoms with Crippen molar-refractivity contribution in [3.8, 4) is 5.75 Å². The van der Waals surface area contributed by atoms with Crippen molar-refractivity contribution in [2.24, 2.45) is 0 Å². The summed E-state index contributed by atoms with van der Waals surface area (Å²) in [6.45, 7) is -1.12. The summed E-state index contributed by atoms with van der Waals surface area (Å²) >= 11 is 0. The third-order valence-electron chi connectivity index (χ3n) is 3.84. The molecule has 2 atom stereocenters. The predicted molar refractivity (Wildman–Crippen MR) is 93.6 cm³/mol. The van der Waals surface area contributed by atoms with Gasteiger partial charge in [0, 0.05) is 6.07 Å². The van der Waals surface area contributed by atoms with Crippen LogP contribution in [0.4, 0.5) is 22.4 Å².